The number of benzene rings is 1. The molecule has 1 aromatic carbocycles. The number of aliphatic hydroxyl groups excluding tert-OH is 1. The Morgan fingerprint density at radius 3 is 2.57 bits per heavy atom. The minimum absolute atomic E-state index is 0.0693. The van der Waals surface area contributed by atoms with E-state index in [1.807, 2.05) is 30.6 Å². The van der Waals surface area contributed by atoms with E-state index in [-0.39, 0.29) is 6.61 Å². The zero-order chi connectivity index (χ0) is 20.1. The van der Waals surface area contributed by atoms with Crippen molar-refractivity contribution in [3.8, 4) is 0 Å². The number of rotatable bonds is 8. The Morgan fingerprint density at radius 1 is 1.18 bits per heavy atom. The van der Waals surface area contributed by atoms with Crippen molar-refractivity contribution in [1.29, 1.82) is 0 Å². The predicted octanol–water partition coefficient (Wildman–Crippen LogP) is 6.24. The number of aryl methyl sites for hydroxylation is 1. The molecule has 0 amide bonds. The molecule has 2 heterocycles. The number of aromatic nitrogens is 2. The van der Waals surface area contributed by atoms with E-state index >= 15 is 0 Å². The van der Waals surface area contributed by atoms with Crippen molar-refractivity contribution in [1.82, 2.24) is 9.55 Å². The Balaban J connectivity index is 1.92. The molecule has 0 aliphatic heterocycles. The van der Waals surface area contributed by atoms with Crippen molar-refractivity contribution in [2.45, 2.75) is 62.6 Å². The van der Waals surface area contributed by atoms with Gasteiger partial charge >= 0.3 is 0 Å². The Hall–Kier alpha value is -1.75. The van der Waals surface area contributed by atoms with Crippen molar-refractivity contribution in [3.63, 3.8) is 0 Å². The molecule has 3 nitrogen and oxygen atoms in total. The SMILES string of the molecule is Cc1c(CO)c(C(C)C)c(Sc2cccc(Cl)c2)n1CCCc1ccncc1. The van der Waals surface area contributed by atoms with Gasteiger partial charge in [0.15, 0.2) is 0 Å². The Bertz CT molecular complexity index is 922. The average molecular weight is 415 g/mol. The molecule has 0 saturated heterocycles. The summed E-state index contributed by atoms with van der Waals surface area (Å²) in [6, 6.07) is 12.1. The Labute approximate surface area is 176 Å². The van der Waals surface area contributed by atoms with E-state index in [9.17, 15) is 5.11 Å². The standard InChI is InChI=1S/C23H27ClN2OS/c1-16(2)22-21(15-27)17(3)26(13-5-6-18-9-11-25-12-10-18)23(22)28-20-8-4-7-19(24)14-20/h4,7-12,14,16,27H,5-6,13,15H2,1-3H3. The topological polar surface area (TPSA) is 38.0 Å². The van der Waals surface area contributed by atoms with E-state index in [1.165, 1.54) is 16.2 Å². The summed E-state index contributed by atoms with van der Waals surface area (Å²) in [6.07, 6.45) is 5.73. The van der Waals surface area contributed by atoms with Crippen LogP contribution in [0.1, 0.15) is 48.6 Å². The van der Waals surface area contributed by atoms with Crippen LogP contribution in [0.25, 0.3) is 0 Å². The zero-order valence-corrected chi connectivity index (χ0v) is 18.2. The summed E-state index contributed by atoms with van der Waals surface area (Å²) in [4.78, 5) is 5.21. The van der Waals surface area contributed by atoms with E-state index in [4.69, 9.17) is 11.6 Å². The smallest absolute Gasteiger partial charge is 0.0837 e. The number of hydrogen-bond donors (Lipinski definition) is 1. The molecule has 0 aliphatic carbocycles. The summed E-state index contributed by atoms with van der Waals surface area (Å²) in [7, 11) is 0. The molecule has 0 aliphatic rings. The summed E-state index contributed by atoms with van der Waals surface area (Å²) >= 11 is 7.94. The van der Waals surface area contributed by atoms with Crippen LogP contribution in [0.3, 0.4) is 0 Å². The van der Waals surface area contributed by atoms with Crippen LogP contribution in [0, 0.1) is 6.92 Å². The molecule has 0 unspecified atom stereocenters. The third kappa shape index (κ3) is 4.80. The van der Waals surface area contributed by atoms with Gasteiger partial charge in [-0.15, -0.1) is 0 Å². The first-order valence-corrected chi connectivity index (χ1v) is 10.9. The van der Waals surface area contributed by atoms with Crippen molar-refractivity contribution in [2.75, 3.05) is 0 Å². The zero-order valence-electron chi connectivity index (χ0n) is 16.7. The Morgan fingerprint density at radius 2 is 1.93 bits per heavy atom. The van der Waals surface area contributed by atoms with Crippen LogP contribution in [0.5, 0.6) is 0 Å². The second kappa shape index (κ2) is 9.64. The molecular formula is C23H27ClN2OS. The average Bonchev–Trinajstić information content (AvgIpc) is 2.94. The van der Waals surface area contributed by atoms with E-state index < -0.39 is 0 Å². The normalized spacial score (nSPS) is 11.4. The van der Waals surface area contributed by atoms with E-state index in [0.29, 0.717) is 5.92 Å². The first-order valence-electron chi connectivity index (χ1n) is 9.66. The molecule has 28 heavy (non-hydrogen) atoms. The van der Waals surface area contributed by atoms with Crippen LogP contribution in [0.2, 0.25) is 5.02 Å². The molecule has 5 heteroatoms. The second-order valence-corrected chi connectivity index (χ2v) is 8.76. The lowest BCUT2D eigenvalue weighted by Crippen LogP contribution is -2.04. The maximum absolute atomic E-state index is 10.0. The Kier molecular flexibility index (Phi) is 7.22. The molecule has 0 atom stereocenters. The van der Waals surface area contributed by atoms with Crippen molar-refractivity contribution < 1.29 is 5.11 Å². The molecule has 0 fully saturated rings. The van der Waals surface area contributed by atoms with Gasteiger partial charge in [-0.05, 0) is 67.1 Å². The summed E-state index contributed by atoms with van der Waals surface area (Å²) in [6.45, 7) is 7.48. The maximum Gasteiger partial charge on any atom is 0.0837 e. The number of hydrogen-bond acceptors (Lipinski definition) is 3. The fourth-order valence-electron chi connectivity index (χ4n) is 3.59. The minimum atomic E-state index is 0.0693. The first kappa shape index (κ1) is 21.0. The van der Waals surface area contributed by atoms with Crippen molar-refractivity contribution >= 4 is 23.4 Å². The van der Waals surface area contributed by atoms with Crippen LogP contribution in [0.15, 0.2) is 58.7 Å². The molecule has 1 N–H and O–H groups in total. The highest BCUT2D eigenvalue weighted by molar-refractivity contribution is 7.99. The highest BCUT2D eigenvalue weighted by atomic mass is 35.5. The van der Waals surface area contributed by atoms with Crippen molar-refractivity contribution in [3.05, 3.63) is 76.2 Å². The minimum Gasteiger partial charge on any atom is -0.392 e. The number of aliphatic hydroxyl groups is 1. The van der Waals surface area contributed by atoms with E-state index in [0.717, 1.165) is 40.6 Å². The van der Waals surface area contributed by atoms with E-state index in [1.54, 1.807) is 11.8 Å². The van der Waals surface area contributed by atoms with Crippen LogP contribution in [-0.2, 0) is 19.6 Å². The lowest BCUT2D eigenvalue weighted by Gasteiger charge is -2.14. The first-order chi connectivity index (χ1) is 13.5. The fraction of sp³-hybridized carbons (Fsp3) is 0.348. The van der Waals surface area contributed by atoms with E-state index in [2.05, 4.69) is 48.5 Å². The lowest BCUT2D eigenvalue weighted by atomic mass is 10.0. The second-order valence-electron chi connectivity index (χ2n) is 7.27. The predicted molar refractivity (Wildman–Crippen MR) is 117 cm³/mol. The van der Waals surface area contributed by atoms with Gasteiger partial charge in [0.25, 0.3) is 0 Å². The fourth-order valence-corrected chi connectivity index (χ4v) is 5.21. The molecule has 148 valence electrons. The van der Waals surface area contributed by atoms with Gasteiger partial charge in [0, 0.05) is 40.1 Å². The van der Waals surface area contributed by atoms with Crippen LogP contribution in [0.4, 0.5) is 0 Å². The molecular weight excluding hydrogens is 388 g/mol. The maximum atomic E-state index is 10.0. The van der Waals surface area contributed by atoms with Gasteiger partial charge in [-0.3, -0.25) is 4.98 Å². The molecule has 0 spiro atoms. The summed E-state index contributed by atoms with van der Waals surface area (Å²) < 4.78 is 2.37. The number of halogens is 1. The molecule has 3 aromatic rings. The summed E-state index contributed by atoms with van der Waals surface area (Å²) in [5, 5.41) is 12.0. The van der Waals surface area contributed by atoms with Gasteiger partial charge in [0.05, 0.1) is 11.6 Å². The molecule has 3 rings (SSSR count). The number of nitrogens with zero attached hydrogens (tertiary/aromatic N) is 2. The van der Waals surface area contributed by atoms with Crippen LogP contribution in [-0.4, -0.2) is 14.7 Å². The van der Waals surface area contributed by atoms with Gasteiger partial charge in [0.1, 0.15) is 0 Å². The highest BCUT2D eigenvalue weighted by Crippen LogP contribution is 2.40. The number of pyridine rings is 1. The summed E-state index contributed by atoms with van der Waals surface area (Å²) in [5.74, 6) is 0.337. The van der Waals surface area contributed by atoms with Gasteiger partial charge in [-0.2, -0.15) is 0 Å². The van der Waals surface area contributed by atoms with Crippen LogP contribution < -0.4 is 0 Å². The van der Waals surface area contributed by atoms with Gasteiger partial charge in [0.2, 0.25) is 0 Å². The van der Waals surface area contributed by atoms with Gasteiger partial charge in [-0.25, -0.2) is 0 Å². The third-order valence-corrected chi connectivity index (χ3v) is 6.34. The van der Waals surface area contributed by atoms with Gasteiger partial charge in [-0.1, -0.05) is 43.3 Å². The summed E-state index contributed by atoms with van der Waals surface area (Å²) in [5.41, 5.74) is 4.76. The molecule has 2 aromatic heterocycles. The lowest BCUT2D eigenvalue weighted by molar-refractivity contribution is 0.279. The van der Waals surface area contributed by atoms with Crippen LogP contribution >= 0.6 is 23.4 Å². The quantitative estimate of drug-likeness (QED) is 0.473. The highest BCUT2D eigenvalue weighted by Gasteiger charge is 2.22. The molecule has 0 saturated carbocycles. The molecule has 0 bridgehead atoms. The molecule has 0 radical (unpaired) electrons. The largest absolute Gasteiger partial charge is 0.392 e. The third-order valence-electron chi connectivity index (χ3n) is 4.98. The monoisotopic (exact) mass is 414 g/mol. The van der Waals surface area contributed by atoms with Crippen molar-refractivity contribution in [2.24, 2.45) is 0 Å². The van der Waals surface area contributed by atoms with Gasteiger partial charge < -0.3 is 9.67 Å².